The minimum Gasteiger partial charge on any atom is -0.489 e. The van der Waals surface area contributed by atoms with Crippen LogP contribution < -0.4 is 4.74 Å². The van der Waals surface area contributed by atoms with Crippen molar-refractivity contribution in [2.24, 2.45) is 0 Å². The van der Waals surface area contributed by atoms with Gasteiger partial charge in [-0.15, -0.1) is 0 Å². The Morgan fingerprint density at radius 3 is 2.50 bits per heavy atom. The van der Waals surface area contributed by atoms with Gasteiger partial charge in [0.1, 0.15) is 12.4 Å². The van der Waals surface area contributed by atoms with Crippen molar-refractivity contribution in [1.82, 2.24) is 4.57 Å². The van der Waals surface area contributed by atoms with Crippen LogP contribution in [-0.4, -0.2) is 17.1 Å². The van der Waals surface area contributed by atoms with Crippen molar-refractivity contribution in [2.75, 3.05) is 6.61 Å². The number of hydrogen-bond donors (Lipinski definition) is 0. The first-order chi connectivity index (χ1) is 12.5. The third-order valence-electron chi connectivity index (χ3n) is 4.41. The van der Waals surface area contributed by atoms with E-state index in [1.54, 1.807) is 0 Å². The highest BCUT2D eigenvalue weighted by Gasteiger charge is 2.20. The molecule has 3 rings (SSSR count). The molecule has 0 radical (unpaired) electrons. The molecule has 1 aromatic heterocycles. The number of carbonyl (C=O) groups excluding carboxylic acids is 1. The van der Waals surface area contributed by atoms with E-state index >= 15 is 0 Å². The summed E-state index contributed by atoms with van der Waals surface area (Å²) in [6.07, 6.45) is 0. The highest BCUT2D eigenvalue weighted by Crippen LogP contribution is 2.30. The molecule has 0 spiro atoms. The molecule has 0 N–H and O–H groups in total. The van der Waals surface area contributed by atoms with E-state index < -0.39 is 0 Å². The van der Waals surface area contributed by atoms with Crippen molar-refractivity contribution in [3.8, 4) is 5.75 Å². The Bertz CT molecular complexity index is 929. The third kappa shape index (κ3) is 3.56. The maximum Gasteiger partial charge on any atom is 0.340 e. The summed E-state index contributed by atoms with van der Waals surface area (Å²) in [4.78, 5) is 12.4. The molecular weight excluding hydrogens is 350 g/mol. The van der Waals surface area contributed by atoms with Gasteiger partial charge in [-0.25, -0.2) is 4.79 Å². The highest BCUT2D eigenvalue weighted by atomic mass is 35.5. The Kier molecular flexibility index (Phi) is 5.52. The molecule has 3 aromatic rings. The number of benzene rings is 2. The summed E-state index contributed by atoms with van der Waals surface area (Å²) in [6.45, 7) is 7.39. The number of carbonyl (C=O) groups is 1. The molecule has 4 nitrogen and oxygen atoms in total. The molecule has 0 amide bonds. The average molecular weight is 372 g/mol. The van der Waals surface area contributed by atoms with Gasteiger partial charge in [0.2, 0.25) is 0 Å². The molecule has 5 heteroatoms. The Morgan fingerprint density at radius 1 is 1.12 bits per heavy atom. The number of aromatic nitrogens is 1. The second-order valence-corrected chi connectivity index (χ2v) is 6.46. The monoisotopic (exact) mass is 371 g/mol. The Balaban J connectivity index is 1.94. The van der Waals surface area contributed by atoms with Crippen LogP contribution >= 0.6 is 11.6 Å². The number of nitrogens with zero attached hydrogens (tertiary/aromatic N) is 1. The van der Waals surface area contributed by atoms with E-state index in [9.17, 15) is 4.79 Å². The first kappa shape index (κ1) is 18.3. The van der Waals surface area contributed by atoms with Crippen LogP contribution in [0.4, 0.5) is 0 Å². The quantitative estimate of drug-likeness (QED) is 0.546. The molecule has 136 valence electrons. The minimum absolute atomic E-state index is 0.294. The zero-order chi connectivity index (χ0) is 18.7. The second kappa shape index (κ2) is 7.83. The normalized spacial score (nSPS) is 10.9. The number of halogens is 1. The summed E-state index contributed by atoms with van der Waals surface area (Å²) in [5.74, 6) is 0.420. The van der Waals surface area contributed by atoms with Gasteiger partial charge in [-0.05, 0) is 56.7 Å². The molecule has 0 saturated heterocycles. The third-order valence-corrected chi connectivity index (χ3v) is 4.66. The molecule has 1 heterocycles. The fraction of sp³-hybridized carbons (Fsp3) is 0.286. The smallest absolute Gasteiger partial charge is 0.340 e. The fourth-order valence-corrected chi connectivity index (χ4v) is 3.29. The van der Waals surface area contributed by atoms with Gasteiger partial charge in [0.15, 0.2) is 0 Å². The lowest BCUT2D eigenvalue weighted by Gasteiger charge is -2.08. The van der Waals surface area contributed by atoms with Crippen LogP contribution in [0.15, 0.2) is 42.5 Å². The Morgan fingerprint density at radius 2 is 1.85 bits per heavy atom. The Hall–Kier alpha value is -2.46. The molecule has 0 saturated carbocycles. The Labute approximate surface area is 158 Å². The van der Waals surface area contributed by atoms with Gasteiger partial charge in [-0.3, -0.25) is 0 Å². The van der Waals surface area contributed by atoms with Crippen molar-refractivity contribution in [1.29, 1.82) is 0 Å². The molecule has 0 atom stereocenters. The van der Waals surface area contributed by atoms with E-state index in [0.29, 0.717) is 29.5 Å². The summed E-state index contributed by atoms with van der Waals surface area (Å²) in [6, 6.07) is 13.4. The zero-order valence-corrected chi connectivity index (χ0v) is 16.0. The van der Waals surface area contributed by atoms with Crippen molar-refractivity contribution in [3.63, 3.8) is 0 Å². The number of rotatable bonds is 6. The summed E-state index contributed by atoms with van der Waals surface area (Å²) in [5.41, 5.74) is 3.56. The van der Waals surface area contributed by atoms with Gasteiger partial charge in [0.05, 0.1) is 12.2 Å². The van der Waals surface area contributed by atoms with Crippen molar-refractivity contribution in [2.45, 2.75) is 33.9 Å². The number of hydrogen-bond acceptors (Lipinski definition) is 3. The lowest BCUT2D eigenvalue weighted by Crippen LogP contribution is -2.07. The van der Waals surface area contributed by atoms with Gasteiger partial charge in [0.25, 0.3) is 0 Å². The van der Waals surface area contributed by atoms with Crippen LogP contribution in [0, 0.1) is 6.92 Å². The minimum atomic E-state index is -0.294. The second-order valence-electron chi connectivity index (χ2n) is 6.02. The SMILES string of the molecule is CCOC(=O)c1c(C)n(CC)c2ccc(OCc3ccc(Cl)cc3)cc12. The zero-order valence-electron chi connectivity index (χ0n) is 15.2. The standard InChI is InChI=1S/C21H22ClNO3/c1-4-23-14(3)20(21(24)25-5-2)18-12-17(10-11-19(18)23)26-13-15-6-8-16(22)9-7-15/h6-12H,4-5,13H2,1-3H3. The van der Waals surface area contributed by atoms with Crippen molar-refractivity contribution < 1.29 is 14.3 Å². The molecule has 0 aliphatic heterocycles. The van der Waals surface area contributed by atoms with E-state index in [1.807, 2.05) is 56.3 Å². The molecule has 0 aliphatic rings. The largest absolute Gasteiger partial charge is 0.489 e. The van der Waals surface area contributed by atoms with Crippen LogP contribution in [0.1, 0.15) is 35.5 Å². The molecule has 0 bridgehead atoms. The van der Waals surface area contributed by atoms with Gasteiger partial charge in [0, 0.05) is 28.2 Å². The van der Waals surface area contributed by atoms with Gasteiger partial charge >= 0.3 is 5.97 Å². The van der Waals surface area contributed by atoms with Crippen LogP contribution in [0.5, 0.6) is 5.75 Å². The maximum atomic E-state index is 12.4. The predicted octanol–water partition coefficient (Wildman–Crippen LogP) is 5.38. The summed E-state index contributed by atoms with van der Waals surface area (Å²) in [5, 5.41) is 1.56. The summed E-state index contributed by atoms with van der Waals surface area (Å²) < 4.78 is 13.3. The van der Waals surface area contributed by atoms with Gasteiger partial charge in [-0.2, -0.15) is 0 Å². The van der Waals surface area contributed by atoms with Crippen molar-refractivity contribution >= 4 is 28.5 Å². The molecule has 0 aliphatic carbocycles. The predicted molar refractivity (Wildman–Crippen MR) is 104 cm³/mol. The summed E-state index contributed by atoms with van der Waals surface area (Å²) in [7, 11) is 0. The van der Waals surface area contributed by atoms with E-state index in [4.69, 9.17) is 21.1 Å². The topological polar surface area (TPSA) is 40.5 Å². The highest BCUT2D eigenvalue weighted by molar-refractivity contribution is 6.30. The van der Waals surface area contributed by atoms with Crippen LogP contribution in [0.2, 0.25) is 5.02 Å². The van der Waals surface area contributed by atoms with Crippen LogP contribution in [-0.2, 0) is 17.9 Å². The van der Waals surface area contributed by atoms with Crippen molar-refractivity contribution in [3.05, 3.63) is 64.3 Å². The number of aryl methyl sites for hydroxylation is 1. The lowest BCUT2D eigenvalue weighted by atomic mass is 10.1. The van der Waals surface area contributed by atoms with Gasteiger partial charge in [-0.1, -0.05) is 23.7 Å². The van der Waals surface area contributed by atoms with Crippen LogP contribution in [0.25, 0.3) is 10.9 Å². The first-order valence-corrected chi connectivity index (χ1v) is 9.10. The molecular formula is C21H22ClNO3. The number of esters is 1. The lowest BCUT2D eigenvalue weighted by molar-refractivity contribution is 0.0527. The molecule has 0 unspecified atom stereocenters. The number of fused-ring (bicyclic) bond motifs is 1. The molecule has 0 fully saturated rings. The van der Waals surface area contributed by atoms with Gasteiger partial charge < -0.3 is 14.0 Å². The fourth-order valence-electron chi connectivity index (χ4n) is 3.17. The van der Waals surface area contributed by atoms with Crippen LogP contribution in [0.3, 0.4) is 0 Å². The maximum absolute atomic E-state index is 12.4. The molecule has 26 heavy (non-hydrogen) atoms. The van der Waals surface area contributed by atoms with E-state index in [0.717, 1.165) is 28.7 Å². The average Bonchev–Trinajstić information content (AvgIpc) is 2.92. The summed E-state index contributed by atoms with van der Waals surface area (Å²) >= 11 is 5.91. The van der Waals surface area contributed by atoms with E-state index in [1.165, 1.54) is 0 Å². The van der Waals surface area contributed by atoms with E-state index in [2.05, 4.69) is 11.5 Å². The van der Waals surface area contributed by atoms with E-state index in [-0.39, 0.29) is 5.97 Å². The number of ether oxygens (including phenoxy) is 2. The first-order valence-electron chi connectivity index (χ1n) is 8.72. The molecule has 2 aromatic carbocycles.